The summed E-state index contributed by atoms with van der Waals surface area (Å²) in [7, 11) is 3.26. The molecule has 238 valence electrons. The summed E-state index contributed by atoms with van der Waals surface area (Å²) in [5.74, 6) is 1.14. The number of halogens is 2. The molecule has 3 aliphatic rings. The molecule has 47 heavy (non-hydrogen) atoms. The summed E-state index contributed by atoms with van der Waals surface area (Å²) >= 11 is 14.2. The maximum Gasteiger partial charge on any atom is 0.278 e. The number of fused-ring (bicyclic) bond motifs is 2. The Labute approximate surface area is 280 Å². The second-order valence-electron chi connectivity index (χ2n) is 12.5. The molecule has 0 saturated carbocycles. The number of benzene rings is 2. The monoisotopic (exact) mass is 667 g/mol. The first kappa shape index (κ1) is 29.9. The largest absolute Gasteiger partial charge is 0.481 e. The van der Waals surface area contributed by atoms with Gasteiger partial charge in [0.25, 0.3) is 5.56 Å². The normalized spacial score (nSPS) is 18.3. The van der Waals surface area contributed by atoms with Crippen molar-refractivity contribution < 1.29 is 9.53 Å². The Kier molecular flexibility index (Phi) is 7.20. The van der Waals surface area contributed by atoms with Crippen LogP contribution in [0.25, 0.3) is 33.2 Å². The smallest absolute Gasteiger partial charge is 0.278 e. The van der Waals surface area contributed by atoms with Crippen LogP contribution >= 0.6 is 23.2 Å². The van der Waals surface area contributed by atoms with Crippen LogP contribution in [0.1, 0.15) is 36.4 Å². The summed E-state index contributed by atoms with van der Waals surface area (Å²) < 4.78 is 7.16. The molecule has 0 radical (unpaired) electrons. The molecule has 1 aliphatic carbocycles. The van der Waals surface area contributed by atoms with E-state index in [2.05, 4.69) is 31.7 Å². The molecule has 3 aromatic heterocycles. The molecule has 8 rings (SSSR count). The number of amides is 1. The van der Waals surface area contributed by atoms with Crippen LogP contribution in [0.2, 0.25) is 10.0 Å². The molecule has 10 nitrogen and oxygen atoms in total. The lowest BCUT2D eigenvalue weighted by molar-refractivity contribution is -0.121. The number of likely N-dealkylation sites (tertiary alicyclic amines) is 1. The number of carbonyl (C=O) groups is 1. The van der Waals surface area contributed by atoms with E-state index in [1.165, 1.54) is 10.2 Å². The van der Waals surface area contributed by atoms with Crippen molar-refractivity contribution in [1.82, 2.24) is 30.0 Å². The fraction of sp³-hybridized carbons (Fsp3) is 0.286. The van der Waals surface area contributed by atoms with Gasteiger partial charge in [-0.1, -0.05) is 53.5 Å². The second kappa shape index (κ2) is 11.3. The molecule has 2 saturated heterocycles. The van der Waals surface area contributed by atoms with E-state index < -0.39 is 0 Å². The summed E-state index contributed by atoms with van der Waals surface area (Å²) in [6.45, 7) is 1.70. The molecule has 1 atom stereocenters. The van der Waals surface area contributed by atoms with Gasteiger partial charge >= 0.3 is 0 Å². The molecule has 0 unspecified atom stereocenters. The first-order chi connectivity index (χ1) is 22.7. The van der Waals surface area contributed by atoms with Gasteiger partial charge in [-0.3, -0.25) is 14.5 Å². The van der Waals surface area contributed by atoms with Crippen molar-refractivity contribution in [2.45, 2.75) is 37.3 Å². The van der Waals surface area contributed by atoms with Gasteiger partial charge in [0.05, 0.1) is 45.7 Å². The molecule has 1 amide bonds. The van der Waals surface area contributed by atoms with E-state index in [-0.39, 0.29) is 23.0 Å². The molecule has 5 aromatic rings. The van der Waals surface area contributed by atoms with Crippen LogP contribution in [-0.2, 0) is 18.3 Å². The average molecular weight is 669 g/mol. The Bertz CT molecular complexity index is 2160. The van der Waals surface area contributed by atoms with Crippen molar-refractivity contribution in [2.75, 3.05) is 25.5 Å². The summed E-state index contributed by atoms with van der Waals surface area (Å²) in [4.78, 5) is 36.6. The van der Waals surface area contributed by atoms with Gasteiger partial charge in [0.2, 0.25) is 11.8 Å². The lowest BCUT2D eigenvalue weighted by atomic mass is 9.86. The number of nitrogens with one attached hydrogen (secondary N) is 2. The standard InChI is InChI=1S/C35H31Cl2N7O3/c1-43-34(46)29-20(16-39-43)12-14-38-32(29)40-24-8-4-6-22(31(24)37)21-5-3-7-23(30(21)36)25-15-19-9-10-26(28(19)33(41-25)47-2)44-17-35(18-44)13-11-27(45)42-35/h3-8,12,14-16,26H,9-11,13,17-18H2,1-2H3,(H,38,40)(H,42,45)/t26-/m1/s1. The second-order valence-corrected chi connectivity index (χ2v) is 13.3. The van der Waals surface area contributed by atoms with E-state index >= 15 is 0 Å². The van der Waals surface area contributed by atoms with Gasteiger partial charge in [0.15, 0.2) is 0 Å². The predicted molar refractivity (Wildman–Crippen MR) is 182 cm³/mol. The minimum Gasteiger partial charge on any atom is -0.481 e. The van der Waals surface area contributed by atoms with Crippen molar-refractivity contribution in [1.29, 1.82) is 0 Å². The Morgan fingerprint density at radius 3 is 2.55 bits per heavy atom. The first-order valence-corrected chi connectivity index (χ1v) is 16.3. The van der Waals surface area contributed by atoms with Gasteiger partial charge in [0.1, 0.15) is 5.82 Å². The van der Waals surface area contributed by atoms with Gasteiger partial charge < -0.3 is 15.4 Å². The quantitative estimate of drug-likeness (QED) is 0.224. The molecule has 12 heteroatoms. The van der Waals surface area contributed by atoms with Crippen molar-refractivity contribution in [3.63, 3.8) is 0 Å². The Morgan fingerprint density at radius 2 is 1.79 bits per heavy atom. The van der Waals surface area contributed by atoms with E-state index in [1.54, 1.807) is 32.6 Å². The van der Waals surface area contributed by atoms with E-state index in [1.807, 2.05) is 36.4 Å². The van der Waals surface area contributed by atoms with Crippen molar-refractivity contribution in [2.24, 2.45) is 7.05 Å². The number of aromatic nitrogens is 4. The number of methoxy groups -OCH3 is 1. The highest BCUT2D eigenvalue weighted by Gasteiger charge is 2.51. The van der Waals surface area contributed by atoms with Crippen molar-refractivity contribution in [3.05, 3.63) is 92.5 Å². The van der Waals surface area contributed by atoms with Gasteiger partial charge in [0, 0.05) is 66.4 Å². The lowest BCUT2D eigenvalue weighted by Gasteiger charge is -2.50. The number of anilines is 2. The Hall–Kier alpha value is -4.51. The SMILES string of the molecule is COc1nc(-c2cccc(-c3cccc(Nc4nccc5cnn(C)c(=O)c45)c3Cl)c2Cl)cc2c1[C@H](N1CC3(CCC(=O)N3)C1)CC2. The van der Waals surface area contributed by atoms with Crippen LogP contribution in [0.15, 0.2) is 65.7 Å². The molecule has 2 fully saturated rings. The Balaban J connectivity index is 1.12. The number of hydrogen-bond acceptors (Lipinski definition) is 8. The zero-order valence-corrected chi connectivity index (χ0v) is 27.3. The number of nitrogens with zero attached hydrogens (tertiary/aromatic N) is 5. The first-order valence-electron chi connectivity index (χ1n) is 15.5. The highest BCUT2D eigenvalue weighted by molar-refractivity contribution is 6.39. The minimum absolute atomic E-state index is 0.0809. The number of pyridine rings is 2. The third-order valence-electron chi connectivity index (χ3n) is 9.69. The summed E-state index contributed by atoms with van der Waals surface area (Å²) in [6.07, 6.45) is 6.63. The number of aryl methyl sites for hydroxylation is 2. The number of ether oxygens (including phenoxy) is 1. The van der Waals surface area contributed by atoms with E-state index in [4.69, 9.17) is 32.9 Å². The minimum atomic E-state index is -0.263. The highest BCUT2D eigenvalue weighted by atomic mass is 35.5. The van der Waals surface area contributed by atoms with E-state index in [9.17, 15) is 9.59 Å². The van der Waals surface area contributed by atoms with Crippen molar-refractivity contribution in [3.8, 4) is 28.3 Å². The molecule has 2 N–H and O–H groups in total. The fourth-order valence-electron chi connectivity index (χ4n) is 7.37. The summed E-state index contributed by atoms with van der Waals surface area (Å²) in [5, 5.41) is 12.6. The average Bonchev–Trinajstić information content (AvgIpc) is 3.67. The summed E-state index contributed by atoms with van der Waals surface area (Å²) in [6, 6.07) is 15.5. The van der Waals surface area contributed by atoms with Crippen LogP contribution in [-0.4, -0.2) is 56.3 Å². The predicted octanol–water partition coefficient (Wildman–Crippen LogP) is 6.07. The van der Waals surface area contributed by atoms with Crippen LogP contribution in [0.3, 0.4) is 0 Å². The fourth-order valence-corrected chi connectivity index (χ4v) is 7.97. The van der Waals surface area contributed by atoms with Gasteiger partial charge in [-0.15, -0.1) is 0 Å². The molecular weight excluding hydrogens is 637 g/mol. The van der Waals surface area contributed by atoms with Crippen LogP contribution in [0.5, 0.6) is 5.88 Å². The van der Waals surface area contributed by atoms with Crippen molar-refractivity contribution >= 4 is 51.4 Å². The third kappa shape index (κ3) is 4.94. The van der Waals surface area contributed by atoms with Gasteiger partial charge in [-0.2, -0.15) is 5.10 Å². The zero-order chi connectivity index (χ0) is 32.4. The van der Waals surface area contributed by atoms with Gasteiger partial charge in [-0.05, 0) is 43.0 Å². The molecular formula is C35H31Cl2N7O3. The topological polar surface area (TPSA) is 114 Å². The van der Waals surface area contributed by atoms with E-state index in [0.717, 1.165) is 60.3 Å². The number of hydrogen-bond donors (Lipinski definition) is 2. The maximum absolute atomic E-state index is 12.9. The molecule has 0 bridgehead atoms. The molecule has 2 aliphatic heterocycles. The van der Waals surface area contributed by atoms with Crippen LogP contribution in [0.4, 0.5) is 11.5 Å². The Morgan fingerprint density at radius 1 is 1.02 bits per heavy atom. The van der Waals surface area contributed by atoms with E-state index in [0.29, 0.717) is 44.6 Å². The maximum atomic E-state index is 12.9. The lowest BCUT2D eigenvalue weighted by Crippen LogP contribution is -2.67. The highest BCUT2D eigenvalue weighted by Crippen LogP contribution is 2.48. The van der Waals surface area contributed by atoms with Crippen LogP contribution < -0.4 is 20.9 Å². The molecule has 5 heterocycles. The zero-order valence-electron chi connectivity index (χ0n) is 25.8. The number of rotatable bonds is 6. The van der Waals surface area contributed by atoms with Gasteiger partial charge in [-0.25, -0.2) is 14.6 Å². The third-order valence-corrected chi connectivity index (χ3v) is 10.5. The summed E-state index contributed by atoms with van der Waals surface area (Å²) in [5.41, 5.74) is 5.52. The molecule has 2 aromatic carbocycles. The van der Waals surface area contributed by atoms with Crippen LogP contribution in [0, 0.1) is 0 Å². The molecule has 1 spiro atoms. The number of carbonyl (C=O) groups excluding carboxylic acids is 1.